The molecule has 15 heavy (non-hydrogen) atoms. The molecular formula is C8H10N6O. The minimum atomic E-state index is 1.26. The number of H-pyrrole nitrogens is 2. The zero-order valence-electron chi connectivity index (χ0n) is 7.82. The van der Waals surface area contributed by atoms with Crippen LogP contribution in [-0.4, -0.2) is 30.4 Å². The maximum Gasteiger partial charge on any atom is 0.203 e. The molecule has 0 aromatic carbocycles. The number of hydrogen-bond donors (Lipinski definition) is 2. The van der Waals surface area contributed by atoms with E-state index in [0.29, 0.717) is 0 Å². The van der Waals surface area contributed by atoms with E-state index in [0.717, 1.165) is 0 Å². The van der Waals surface area contributed by atoms with Crippen molar-refractivity contribution in [3.05, 3.63) is 50.0 Å². The Kier molecular flexibility index (Phi) is 5.80. The van der Waals surface area contributed by atoms with Crippen molar-refractivity contribution in [2.45, 2.75) is 0 Å². The molecule has 0 saturated carbocycles. The molecule has 0 unspecified atom stereocenters. The van der Waals surface area contributed by atoms with Gasteiger partial charge in [0.25, 0.3) is 0 Å². The molecule has 78 valence electrons. The van der Waals surface area contributed by atoms with Crippen LogP contribution in [0.1, 0.15) is 0 Å². The van der Waals surface area contributed by atoms with Gasteiger partial charge in [-0.3, -0.25) is 5.10 Å². The molecule has 0 fully saturated rings. The lowest BCUT2D eigenvalue weighted by molar-refractivity contribution is 0.553. The summed E-state index contributed by atoms with van der Waals surface area (Å²) in [7, 11) is 0. The zero-order chi connectivity index (χ0) is 10.6. The summed E-state index contributed by atoms with van der Waals surface area (Å²) >= 11 is 0. The maximum atomic E-state index is 4.36. The first-order chi connectivity index (χ1) is 7.50. The summed E-state index contributed by atoms with van der Waals surface area (Å²) in [5.74, 6) is 0. The molecule has 0 radical (unpaired) electrons. The molecule has 3 aromatic heterocycles. The van der Waals surface area contributed by atoms with Crippen molar-refractivity contribution >= 4 is 0 Å². The molecule has 0 spiro atoms. The Hall–Kier alpha value is -2.44. The van der Waals surface area contributed by atoms with E-state index in [9.17, 15) is 0 Å². The predicted octanol–water partition coefficient (Wildman–Crippen LogP) is 0.889. The van der Waals surface area contributed by atoms with Crippen molar-refractivity contribution in [3.63, 3.8) is 0 Å². The summed E-state index contributed by atoms with van der Waals surface area (Å²) in [4.78, 5) is 6.42. The molecule has 0 saturated heterocycles. The molecule has 0 amide bonds. The fourth-order valence-corrected chi connectivity index (χ4v) is 0.566. The van der Waals surface area contributed by atoms with Gasteiger partial charge in [-0.2, -0.15) is 5.10 Å². The van der Waals surface area contributed by atoms with Crippen LogP contribution in [0.5, 0.6) is 0 Å². The van der Waals surface area contributed by atoms with E-state index in [1.807, 2.05) is 6.07 Å². The van der Waals surface area contributed by atoms with Gasteiger partial charge in [0.1, 0.15) is 0 Å². The van der Waals surface area contributed by atoms with Crippen molar-refractivity contribution in [2.75, 3.05) is 0 Å². The Morgan fingerprint density at radius 2 is 1.87 bits per heavy atom. The highest BCUT2D eigenvalue weighted by Crippen LogP contribution is 1.65. The predicted molar refractivity (Wildman–Crippen MR) is 51.5 cm³/mol. The minimum Gasteiger partial charge on any atom is -0.431 e. The summed E-state index contributed by atoms with van der Waals surface area (Å²) in [6, 6.07) is 1.83. The molecule has 0 atom stereocenters. The topological polar surface area (TPSA) is 96.3 Å². The van der Waals surface area contributed by atoms with Gasteiger partial charge in [0.2, 0.25) is 12.8 Å². The first-order valence-corrected chi connectivity index (χ1v) is 4.05. The van der Waals surface area contributed by atoms with Crippen LogP contribution in [0.3, 0.4) is 0 Å². The SMILES string of the molecule is c1c[nH]cn1.c1cn[nH]c1.c1nnco1. The van der Waals surface area contributed by atoms with Crippen molar-refractivity contribution in [1.82, 2.24) is 30.4 Å². The van der Waals surface area contributed by atoms with Crippen LogP contribution < -0.4 is 0 Å². The van der Waals surface area contributed by atoms with Gasteiger partial charge in [-0.1, -0.05) is 0 Å². The third-order valence-corrected chi connectivity index (χ3v) is 1.09. The van der Waals surface area contributed by atoms with Gasteiger partial charge in [-0.05, 0) is 6.07 Å². The van der Waals surface area contributed by atoms with Crippen LogP contribution >= 0.6 is 0 Å². The van der Waals surface area contributed by atoms with E-state index >= 15 is 0 Å². The van der Waals surface area contributed by atoms with Crippen LogP contribution in [-0.2, 0) is 0 Å². The average molecular weight is 206 g/mol. The van der Waals surface area contributed by atoms with E-state index in [1.165, 1.54) is 12.8 Å². The van der Waals surface area contributed by atoms with Crippen molar-refractivity contribution in [3.8, 4) is 0 Å². The van der Waals surface area contributed by atoms with Gasteiger partial charge >= 0.3 is 0 Å². The standard InChI is InChI=1S/2C3H4N2.C2H2N2O/c1-2-5-3-4-1;1-2-4-5-3-1;1-3-4-2-5-1/h2*1-3H,(H,4,5);1-2H. The van der Waals surface area contributed by atoms with Crippen LogP contribution in [0.15, 0.2) is 54.4 Å². The lowest BCUT2D eigenvalue weighted by Gasteiger charge is -1.49. The van der Waals surface area contributed by atoms with Crippen LogP contribution in [0.25, 0.3) is 0 Å². The second kappa shape index (κ2) is 8.17. The highest BCUT2D eigenvalue weighted by Gasteiger charge is 1.60. The Morgan fingerprint density at radius 3 is 2.07 bits per heavy atom. The lowest BCUT2D eigenvalue weighted by Crippen LogP contribution is -1.53. The number of rotatable bonds is 0. The smallest absolute Gasteiger partial charge is 0.203 e. The quantitative estimate of drug-likeness (QED) is 0.569. The Morgan fingerprint density at radius 1 is 1.00 bits per heavy atom. The van der Waals surface area contributed by atoms with E-state index in [4.69, 9.17) is 0 Å². The fraction of sp³-hybridized carbons (Fsp3) is 0. The molecule has 0 bridgehead atoms. The number of hydrogen-bond acceptors (Lipinski definition) is 5. The molecule has 0 aliphatic carbocycles. The van der Waals surface area contributed by atoms with Gasteiger partial charge < -0.3 is 9.40 Å². The highest BCUT2D eigenvalue weighted by atomic mass is 16.3. The Labute approximate surface area is 85.6 Å². The largest absolute Gasteiger partial charge is 0.431 e. The van der Waals surface area contributed by atoms with Crippen molar-refractivity contribution in [1.29, 1.82) is 0 Å². The molecule has 3 heterocycles. The summed E-state index contributed by atoms with van der Waals surface area (Å²) in [6.45, 7) is 0. The third kappa shape index (κ3) is 6.70. The molecule has 7 nitrogen and oxygen atoms in total. The van der Waals surface area contributed by atoms with Crippen LogP contribution in [0.2, 0.25) is 0 Å². The number of imidazole rings is 1. The summed E-state index contributed by atoms with van der Waals surface area (Å²) in [6.07, 6.45) is 11.1. The first-order valence-electron chi connectivity index (χ1n) is 4.05. The van der Waals surface area contributed by atoms with Crippen molar-refractivity contribution < 1.29 is 4.42 Å². The second-order valence-electron chi connectivity index (χ2n) is 2.10. The number of aromatic nitrogens is 6. The molecular weight excluding hydrogens is 196 g/mol. The molecule has 2 N–H and O–H groups in total. The Balaban J connectivity index is 0.000000112. The van der Waals surface area contributed by atoms with E-state index in [2.05, 4.69) is 34.8 Å². The summed E-state index contributed by atoms with van der Waals surface area (Å²) in [5.41, 5.74) is 0. The van der Waals surface area contributed by atoms with Gasteiger partial charge in [-0.25, -0.2) is 4.98 Å². The van der Waals surface area contributed by atoms with Crippen LogP contribution in [0.4, 0.5) is 0 Å². The van der Waals surface area contributed by atoms with Crippen LogP contribution in [0, 0.1) is 0 Å². The molecule has 0 aliphatic heterocycles. The molecule has 3 aromatic rings. The molecule has 0 aliphatic rings. The monoisotopic (exact) mass is 206 g/mol. The van der Waals surface area contributed by atoms with E-state index in [-0.39, 0.29) is 0 Å². The fourth-order valence-electron chi connectivity index (χ4n) is 0.566. The van der Waals surface area contributed by atoms with Gasteiger partial charge in [0.15, 0.2) is 0 Å². The zero-order valence-corrected chi connectivity index (χ0v) is 7.82. The Bertz CT molecular complexity index is 251. The summed E-state index contributed by atoms with van der Waals surface area (Å²) < 4.78 is 4.36. The average Bonchev–Trinajstić information content (AvgIpc) is 3.09. The number of nitrogens with zero attached hydrogens (tertiary/aromatic N) is 4. The number of nitrogens with one attached hydrogen (secondary N) is 2. The molecule has 3 rings (SSSR count). The van der Waals surface area contributed by atoms with Gasteiger partial charge in [0.05, 0.1) is 6.33 Å². The lowest BCUT2D eigenvalue weighted by atomic mass is 10.8. The minimum absolute atomic E-state index is 1.26. The van der Waals surface area contributed by atoms with E-state index in [1.54, 1.807) is 31.1 Å². The highest BCUT2D eigenvalue weighted by molar-refractivity contribution is 4.72. The second-order valence-corrected chi connectivity index (χ2v) is 2.10. The molecule has 7 heteroatoms. The normalized spacial score (nSPS) is 8.00. The first kappa shape index (κ1) is 10.6. The number of aromatic amines is 2. The van der Waals surface area contributed by atoms with Gasteiger partial charge in [0, 0.05) is 24.8 Å². The summed E-state index contributed by atoms with van der Waals surface area (Å²) in [5, 5.41) is 12.8. The van der Waals surface area contributed by atoms with Crippen molar-refractivity contribution in [2.24, 2.45) is 0 Å². The van der Waals surface area contributed by atoms with E-state index < -0.39 is 0 Å². The maximum absolute atomic E-state index is 4.36. The third-order valence-electron chi connectivity index (χ3n) is 1.09. The van der Waals surface area contributed by atoms with Gasteiger partial charge in [-0.15, -0.1) is 10.2 Å².